The van der Waals surface area contributed by atoms with Gasteiger partial charge < -0.3 is 20.2 Å². The number of amides is 2. The molecule has 5 heteroatoms. The van der Waals surface area contributed by atoms with Crippen LogP contribution in [0, 0.1) is 5.92 Å². The topological polar surface area (TPSA) is 55.8 Å². The molecule has 0 radical (unpaired) electrons. The Morgan fingerprint density at radius 2 is 1.83 bits per heavy atom. The first-order valence-corrected chi connectivity index (χ1v) is 8.86. The minimum Gasteiger partial charge on any atom is -0.393 e. The molecule has 1 saturated carbocycles. The lowest BCUT2D eigenvalue weighted by molar-refractivity contribution is 0.0565. The van der Waals surface area contributed by atoms with Crippen LogP contribution in [0.25, 0.3) is 0 Å². The second kappa shape index (κ2) is 9.04. The van der Waals surface area contributed by atoms with Crippen molar-refractivity contribution in [2.24, 2.45) is 5.92 Å². The fourth-order valence-electron chi connectivity index (χ4n) is 3.37. The normalized spacial score (nSPS) is 20.9. The van der Waals surface area contributed by atoms with E-state index >= 15 is 0 Å². The quantitative estimate of drug-likeness (QED) is 0.841. The summed E-state index contributed by atoms with van der Waals surface area (Å²) in [6.07, 6.45) is 3.84. The van der Waals surface area contributed by atoms with Gasteiger partial charge in [0.05, 0.1) is 6.10 Å². The summed E-state index contributed by atoms with van der Waals surface area (Å²) in [7, 11) is 5.89. The molecule has 1 aromatic carbocycles. The number of aliphatic hydroxyl groups excluding tert-OH is 1. The first-order valence-electron chi connectivity index (χ1n) is 8.86. The number of rotatable bonds is 6. The number of carbonyl (C=O) groups excluding carboxylic acids is 1. The van der Waals surface area contributed by atoms with Gasteiger partial charge in [-0.2, -0.15) is 0 Å². The van der Waals surface area contributed by atoms with Crippen LogP contribution < -0.4 is 5.32 Å². The average molecular weight is 333 g/mol. The Balaban J connectivity index is 1.86. The van der Waals surface area contributed by atoms with E-state index in [0.717, 1.165) is 37.8 Å². The summed E-state index contributed by atoms with van der Waals surface area (Å²) in [5.74, 6) is 0.204. The van der Waals surface area contributed by atoms with E-state index in [1.54, 1.807) is 4.90 Å². The lowest BCUT2D eigenvalue weighted by atomic mass is 9.86. The highest BCUT2D eigenvalue weighted by Gasteiger charge is 2.25. The molecule has 2 N–H and O–H groups in total. The van der Waals surface area contributed by atoms with E-state index in [9.17, 15) is 9.90 Å². The molecule has 1 aromatic rings. The third-order valence-electron chi connectivity index (χ3n) is 4.76. The molecule has 1 fully saturated rings. The maximum atomic E-state index is 12.4. The summed E-state index contributed by atoms with van der Waals surface area (Å²) in [6.45, 7) is 2.00. The average Bonchev–Trinajstić information content (AvgIpc) is 2.55. The zero-order chi connectivity index (χ0) is 17.5. The highest BCUT2D eigenvalue weighted by Crippen LogP contribution is 2.24. The molecule has 24 heavy (non-hydrogen) atoms. The Morgan fingerprint density at radius 3 is 2.50 bits per heavy atom. The van der Waals surface area contributed by atoms with E-state index in [2.05, 4.69) is 22.3 Å². The van der Waals surface area contributed by atoms with Crippen molar-refractivity contribution in [3.05, 3.63) is 35.4 Å². The Kier molecular flexibility index (Phi) is 7.06. The molecular weight excluding hydrogens is 302 g/mol. The van der Waals surface area contributed by atoms with Gasteiger partial charge in [0.25, 0.3) is 0 Å². The van der Waals surface area contributed by atoms with Crippen LogP contribution in [0.4, 0.5) is 4.79 Å². The van der Waals surface area contributed by atoms with Crippen LogP contribution in [0.3, 0.4) is 0 Å². The van der Waals surface area contributed by atoms with Gasteiger partial charge in [0.15, 0.2) is 0 Å². The fraction of sp³-hybridized carbons (Fsp3) is 0.632. The highest BCUT2D eigenvalue weighted by atomic mass is 16.3. The monoisotopic (exact) mass is 333 g/mol. The molecular formula is C19H31N3O2. The highest BCUT2D eigenvalue weighted by molar-refractivity contribution is 5.73. The Labute approximate surface area is 145 Å². The van der Waals surface area contributed by atoms with Gasteiger partial charge >= 0.3 is 6.03 Å². The van der Waals surface area contributed by atoms with Gasteiger partial charge in [0, 0.05) is 32.6 Å². The first kappa shape index (κ1) is 18.7. The molecule has 1 aliphatic rings. The molecule has 0 aliphatic heterocycles. The number of hydrogen-bond acceptors (Lipinski definition) is 3. The predicted molar refractivity (Wildman–Crippen MR) is 96.7 cm³/mol. The molecule has 1 aliphatic carbocycles. The summed E-state index contributed by atoms with van der Waals surface area (Å²) < 4.78 is 0. The predicted octanol–water partition coefficient (Wildman–Crippen LogP) is 2.44. The summed E-state index contributed by atoms with van der Waals surface area (Å²) in [5.41, 5.74) is 2.37. The molecule has 2 atom stereocenters. The maximum Gasteiger partial charge on any atom is 0.317 e. The molecule has 0 saturated heterocycles. The number of aliphatic hydroxyl groups is 1. The van der Waals surface area contributed by atoms with E-state index in [4.69, 9.17) is 0 Å². The van der Waals surface area contributed by atoms with E-state index in [1.807, 2.05) is 33.3 Å². The van der Waals surface area contributed by atoms with E-state index in [0.29, 0.717) is 13.1 Å². The van der Waals surface area contributed by atoms with E-state index < -0.39 is 0 Å². The number of hydrogen-bond donors (Lipinski definition) is 2. The Morgan fingerprint density at radius 1 is 1.17 bits per heavy atom. The van der Waals surface area contributed by atoms with Crippen molar-refractivity contribution in [3.63, 3.8) is 0 Å². The second-order valence-electron chi connectivity index (χ2n) is 7.16. The Hall–Kier alpha value is -1.59. The largest absolute Gasteiger partial charge is 0.393 e. The van der Waals surface area contributed by atoms with Gasteiger partial charge in [0.2, 0.25) is 0 Å². The van der Waals surface area contributed by atoms with Crippen molar-refractivity contribution < 1.29 is 9.90 Å². The fourth-order valence-corrected chi connectivity index (χ4v) is 3.37. The van der Waals surface area contributed by atoms with Gasteiger partial charge in [-0.1, -0.05) is 37.1 Å². The molecule has 2 unspecified atom stereocenters. The van der Waals surface area contributed by atoms with Crippen LogP contribution in [0.2, 0.25) is 0 Å². The minimum atomic E-state index is -0.269. The van der Waals surface area contributed by atoms with Crippen molar-refractivity contribution >= 4 is 6.03 Å². The van der Waals surface area contributed by atoms with E-state index in [1.165, 1.54) is 5.56 Å². The van der Waals surface area contributed by atoms with Crippen LogP contribution in [-0.2, 0) is 13.1 Å². The molecule has 0 heterocycles. The summed E-state index contributed by atoms with van der Waals surface area (Å²) >= 11 is 0. The van der Waals surface area contributed by atoms with E-state index in [-0.39, 0.29) is 18.1 Å². The SMILES string of the molecule is CN(C)Cc1ccccc1CNC(=O)N(C)CC1CCCCC1O. The smallest absolute Gasteiger partial charge is 0.317 e. The Bertz CT molecular complexity index is 533. The van der Waals surface area contributed by atoms with Crippen LogP contribution in [0.1, 0.15) is 36.8 Å². The maximum absolute atomic E-state index is 12.4. The third-order valence-corrected chi connectivity index (χ3v) is 4.76. The molecule has 134 valence electrons. The first-order chi connectivity index (χ1) is 11.5. The molecule has 2 rings (SSSR count). The van der Waals surface area contributed by atoms with Gasteiger partial charge in [-0.05, 0) is 38.1 Å². The lowest BCUT2D eigenvalue weighted by Crippen LogP contribution is -2.42. The lowest BCUT2D eigenvalue weighted by Gasteiger charge is -2.31. The number of urea groups is 1. The van der Waals surface area contributed by atoms with Gasteiger partial charge in [-0.25, -0.2) is 4.79 Å². The second-order valence-corrected chi connectivity index (χ2v) is 7.16. The molecule has 0 bridgehead atoms. The number of carbonyl (C=O) groups is 1. The van der Waals surface area contributed by atoms with Gasteiger partial charge in [-0.15, -0.1) is 0 Å². The van der Waals surface area contributed by atoms with Gasteiger partial charge in [0.1, 0.15) is 0 Å². The van der Waals surface area contributed by atoms with Crippen LogP contribution in [0.5, 0.6) is 0 Å². The van der Waals surface area contributed by atoms with Crippen molar-refractivity contribution in [1.29, 1.82) is 0 Å². The van der Waals surface area contributed by atoms with Crippen molar-refractivity contribution in [3.8, 4) is 0 Å². The summed E-state index contributed by atoms with van der Waals surface area (Å²) in [4.78, 5) is 16.2. The zero-order valence-electron chi connectivity index (χ0n) is 15.2. The molecule has 0 spiro atoms. The van der Waals surface area contributed by atoms with Crippen LogP contribution >= 0.6 is 0 Å². The molecule has 5 nitrogen and oxygen atoms in total. The zero-order valence-corrected chi connectivity index (χ0v) is 15.2. The van der Waals surface area contributed by atoms with Crippen molar-refractivity contribution in [1.82, 2.24) is 15.1 Å². The molecule has 0 aromatic heterocycles. The van der Waals surface area contributed by atoms with Crippen LogP contribution in [-0.4, -0.2) is 54.7 Å². The summed E-state index contributed by atoms with van der Waals surface area (Å²) in [6, 6.07) is 8.12. The summed E-state index contributed by atoms with van der Waals surface area (Å²) in [5, 5.41) is 13.1. The van der Waals surface area contributed by atoms with Gasteiger partial charge in [-0.3, -0.25) is 0 Å². The molecule has 2 amide bonds. The number of nitrogens with zero attached hydrogens (tertiary/aromatic N) is 2. The standard InChI is InChI=1S/C19H31N3O2/c1-21(2)13-16-9-5-4-8-15(16)12-20-19(24)22(3)14-17-10-6-7-11-18(17)23/h4-5,8-9,17-18,23H,6-7,10-14H2,1-3H3,(H,20,24). The number of nitrogens with one attached hydrogen (secondary N) is 1. The van der Waals surface area contributed by atoms with Crippen molar-refractivity contribution in [2.45, 2.75) is 44.9 Å². The third kappa shape index (κ3) is 5.49. The van der Waals surface area contributed by atoms with Crippen LogP contribution in [0.15, 0.2) is 24.3 Å². The van der Waals surface area contributed by atoms with Crippen molar-refractivity contribution in [2.75, 3.05) is 27.7 Å². The minimum absolute atomic E-state index is 0.0765. The number of benzene rings is 1.